The van der Waals surface area contributed by atoms with Crippen LogP contribution >= 0.6 is 11.6 Å². The number of likely N-dealkylation sites (tertiary alicyclic amines) is 1. The number of halogens is 1. The van der Waals surface area contributed by atoms with Crippen LogP contribution in [0.4, 0.5) is 0 Å². The maximum atomic E-state index is 12.9. The van der Waals surface area contributed by atoms with E-state index in [2.05, 4.69) is 4.90 Å². The van der Waals surface area contributed by atoms with E-state index in [1.54, 1.807) is 35.2 Å². The lowest BCUT2D eigenvalue weighted by Crippen LogP contribution is -2.50. The van der Waals surface area contributed by atoms with Gasteiger partial charge in [0.1, 0.15) is 6.10 Å². The van der Waals surface area contributed by atoms with Crippen molar-refractivity contribution in [2.45, 2.75) is 55.6 Å². The molecule has 34 heavy (non-hydrogen) atoms. The van der Waals surface area contributed by atoms with Gasteiger partial charge in [0, 0.05) is 37.3 Å². The number of hydrogen-bond donors (Lipinski definition) is 1. The molecule has 0 unspecified atom stereocenters. The Morgan fingerprint density at radius 3 is 2.53 bits per heavy atom. The van der Waals surface area contributed by atoms with Gasteiger partial charge in [-0.1, -0.05) is 36.6 Å². The summed E-state index contributed by atoms with van der Waals surface area (Å²) in [6.07, 6.45) is 4.67. The molecule has 0 radical (unpaired) electrons. The normalized spacial score (nSPS) is 20.5. The summed E-state index contributed by atoms with van der Waals surface area (Å²) in [5.74, 6) is -1.15. The fraction of sp³-hybridized carbons (Fsp3) is 0.560. The number of amides is 1. The molecule has 2 heterocycles. The number of hydrogen-bond acceptors (Lipinski definition) is 6. The van der Waals surface area contributed by atoms with Gasteiger partial charge in [0.05, 0.1) is 17.4 Å². The zero-order chi connectivity index (χ0) is 24.1. The summed E-state index contributed by atoms with van der Waals surface area (Å²) in [4.78, 5) is 16.9. The average molecular weight is 509 g/mol. The van der Waals surface area contributed by atoms with Crippen LogP contribution in [0.5, 0.6) is 0 Å². The first kappa shape index (κ1) is 25.4. The Hall–Kier alpha value is -1.71. The molecule has 0 bridgehead atoms. The lowest BCUT2D eigenvalue weighted by Gasteiger charge is -2.38. The van der Waals surface area contributed by atoms with Crippen LogP contribution in [0, 0.1) is 0 Å². The lowest BCUT2D eigenvalue weighted by molar-refractivity contribution is -0.141. The maximum Gasteiger partial charge on any atom is 0.252 e. The summed E-state index contributed by atoms with van der Waals surface area (Å²) < 4.78 is 31.6. The standard InChI is InChI=1S/C25H33ClN2O5S/c26-21-7-5-20-16-23(8-6-19(20)15-21)34(31,32)17-24(29)25(30)27-12-9-22(10-13-27)28-11-3-1-2-4-14-33-18-28/h5-8,15-16,22,24,29H,1-4,9-14,17-18H2/t24-/m1/s1. The van der Waals surface area contributed by atoms with E-state index < -0.39 is 27.6 Å². The van der Waals surface area contributed by atoms with E-state index in [-0.39, 0.29) is 4.90 Å². The van der Waals surface area contributed by atoms with Crippen LogP contribution < -0.4 is 0 Å². The summed E-state index contributed by atoms with van der Waals surface area (Å²) >= 11 is 6.00. The molecule has 2 saturated heterocycles. The van der Waals surface area contributed by atoms with Crippen LogP contribution in [0.1, 0.15) is 38.5 Å². The molecule has 9 heteroatoms. The van der Waals surface area contributed by atoms with Crippen molar-refractivity contribution in [3.05, 3.63) is 41.4 Å². The Balaban J connectivity index is 1.34. The zero-order valence-corrected chi connectivity index (χ0v) is 20.9. The number of ether oxygens (including phenoxy) is 1. The number of carbonyl (C=O) groups excluding carboxylic acids is 1. The maximum absolute atomic E-state index is 12.9. The molecule has 186 valence electrons. The largest absolute Gasteiger partial charge is 0.382 e. The topological polar surface area (TPSA) is 87.1 Å². The summed E-state index contributed by atoms with van der Waals surface area (Å²) in [5, 5.41) is 12.6. The molecule has 0 saturated carbocycles. The first-order valence-electron chi connectivity index (χ1n) is 12.0. The van der Waals surface area contributed by atoms with Crippen molar-refractivity contribution in [1.82, 2.24) is 9.80 Å². The molecule has 1 amide bonds. The quantitative estimate of drug-likeness (QED) is 0.665. The van der Waals surface area contributed by atoms with Gasteiger partial charge in [-0.2, -0.15) is 0 Å². The molecule has 1 N–H and O–H groups in total. The van der Waals surface area contributed by atoms with Crippen LogP contribution in [0.25, 0.3) is 10.8 Å². The zero-order valence-electron chi connectivity index (χ0n) is 19.4. The van der Waals surface area contributed by atoms with Gasteiger partial charge >= 0.3 is 0 Å². The van der Waals surface area contributed by atoms with Crippen molar-refractivity contribution in [3.63, 3.8) is 0 Å². The highest BCUT2D eigenvalue weighted by Crippen LogP contribution is 2.24. The van der Waals surface area contributed by atoms with E-state index in [0.29, 0.717) is 30.9 Å². The van der Waals surface area contributed by atoms with Gasteiger partial charge in [0.25, 0.3) is 5.91 Å². The number of piperidine rings is 1. The third-order valence-electron chi connectivity index (χ3n) is 6.83. The minimum atomic E-state index is -3.84. The Kier molecular flexibility index (Phi) is 8.47. The molecular formula is C25H33ClN2O5S. The highest BCUT2D eigenvalue weighted by atomic mass is 35.5. The van der Waals surface area contributed by atoms with Crippen molar-refractivity contribution < 1.29 is 23.1 Å². The number of carbonyl (C=O) groups is 1. The molecule has 2 aliphatic heterocycles. The third kappa shape index (κ3) is 6.29. The molecule has 0 aliphatic carbocycles. The van der Waals surface area contributed by atoms with E-state index >= 15 is 0 Å². The van der Waals surface area contributed by atoms with Gasteiger partial charge in [0.2, 0.25) is 0 Å². The second-order valence-electron chi connectivity index (χ2n) is 9.27. The smallest absolute Gasteiger partial charge is 0.252 e. The minimum Gasteiger partial charge on any atom is -0.382 e. The van der Waals surface area contributed by atoms with Gasteiger partial charge in [-0.25, -0.2) is 8.42 Å². The predicted molar refractivity (Wildman–Crippen MR) is 133 cm³/mol. The van der Waals surface area contributed by atoms with Crippen LogP contribution in [0.3, 0.4) is 0 Å². The van der Waals surface area contributed by atoms with Gasteiger partial charge in [-0.3, -0.25) is 9.69 Å². The van der Waals surface area contributed by atoms with Crippen LogP contribution in [-0.4, -0.2) is 80.1 Å². The first-order chi connectivity index (χ1) is 16.3. The molecule has 2 fully saturated rings. The Morgan fingerprint density at radius 1 is 1.03 bits per heavy atom. The van der Waals surface area contributed by atoms with E-state index in [1.807, 2.05) is 0 Å². The number of nitrogens with zero attached hydrogens (tertiary/aromatic N) is 2. The molecule has 2 aromatic rings. The summed E-state index contributed by atoms with van der Waals surface area (Å²) in [7, 11) is -3.84. The van der Waals surface area contributed by atoms with Gasteiger partial charge in [-0.15, -0.1) is 0 Å². The fourth-order valence-electron chi connectivity index (χ4n) is 4.83. The Bertz CT molecular complexity index is 1090. The van der Waals surface area contributed by atoms with Gasteiger partial charge in [0.15, 0.2) is 9.84 Å². The monoisotopic (exact) mass is 508 g/mol. The molecule has 1 atom stereocenters. The first-order valence-corrected chi connectivity index (χ1v) is 14.1. The van der Waals surface area contributed by atoms with Crippen molar-refractivity contribution in [2.24, 2.45) is 0 Å². The fourth-order valence-corrected chi connectivity index (χ4v) is 6.35. The number of sulfone groups is 1. The highest BCUT2D eigenvalue weighted by Gasteiger charge is 2.32. The average Bonchev–Trinajstić information content (AvgIpc) is 2.97. The number of aliphatic hydroxyl groups excluding tert-OH is 1. The summed E-state index contributed by atoms with van der Waals surface area (Å²) in [6.45, 7) is 3.43. The number of rotatable bonds is 5. The molecular weight excluding hydrogens is 476 g/mol. The van der Waals surface area contributed by atoms with Crippen molar-refractivity contribution in [3.8, 4) is 0 Å². The van der Waals surface area contributed by atoms with Crippen molar-refractivity contribution >= 4 is 38.1 Å². The van der Waals surface area contributed by atoms with Crippen LogP contribution in [-0.2, 0) is 19.4 Å². The molecule has 2 aliphatic rings. The van der Waals surface area contributed by atoms with E-state index in [9.17, 15) is 18.3 Å². The molecule has 7 nitrogen and oxygen atoms in total. The summed E-state index contributed by atoms with van der Waals surface area (Å²) in [6, 6.07) is 10.3. The third-order valence-corrected chi connectivity index (χ3v) is 8.79. The van der Waals surface area contributed by atoms with Crippen molar-refractivity contribution in [1.29, 1.82) is 0 Å². The van der Waals surface area contributed by atoms with E-state index in [1.165, 1.54) is 18.9 Å². The van der Waals surface area contributed by atoms with Crippen LogP contribution in [0.2, 0.25) is 5.02 Å². The molecule has 0 aromatic heterocycles. The Labute approximate surface area is 206 Å². The minimum absolute atomic E-state index is 0.0841. The highest BCUT2D eigenvalue weighted by molar-refractivity contribution is 7.91. The van der Waals surface area contributed by atoms with Gasteiger partial charge < -0.3 is 14.7 Å². The Morgan fingerprint density at radius 2 is 1.74 bits per heavy atom. The molecule has 0 spiro atoms. The van der Waals surface area contributed by atoms with Crippen molar-refractivity contribution in [2.75, 3.05) is 38.7 Å². The molecule has 2 aromatic carbocycles. The number of aliphatic hydroxyl groups is 1. The second-order valence-corrected chi connectivity index (χ2v) is 11.7. The SMILES string of the molecule is O=C([C@H](O)CS(=O)(=O)c1ccc2cc(Cl)ccc2c1)N1CCC(N2CCCCCCOC2)CC1. The number of fused-ring (bicyclic) bond motifs is 1. The summed E-state index contributed by atoms with van der Waals surface area (Å²) in [5.41, 5.74) is 0. The lowest BCUT2D eigenvalue weighted by atomic mass is 10.0. The van der Waals surface area contributed by atoms with Gasteiger partial charge in [-0.05, 0) is 60.7 Å². The predicted octanol–water partition coefficient (Wildman–Crippen LogP) is 3.47. The second kappa shape index (κ2) is 11.4. The molecule has 4 rings (SSSR count). The van der Waals surface area contributed by atoms with E-state index in [0.717, 1.165) is 49.6 Å². The van der Waals surface area contributed by atoms with Crippen LogP contribution in [0.15, 0.2) is 41.3 Å². The number of benzene rings is 2. The van der Waals surface area contributed by atoms with E-state index in [4.69, 9.17) is 16.3 Å².